The van der Waals surface area contributed by atoms with Crippen LogP contribution < -0.4 is 5.32 Å². The summed E-state index contributed by atoms with van der Waals surface area (Å²) in [5.74, 6) is 0. The highest BCUT2D eigenvalue weighted by molar-refractivity contribution is 9.10. The van der Waals surface area contributed by atoms with E-state index in [2.05, 4.69) is 26.3 Å². The summed E-state index contributed by atoms with van der Waals surface area (Å²) in [6.45, 7) is 1.46. The minimum atomic E-state index is -0.720. The molecule has 5 nitrogen and oxygen atoms in total. The summed E-state index contributed by atoms with van der Waals surface area (Å²) in [5.41, 5.74) is 3.80. The first-order valence-electron chi connectivity index (χ1n) is 6.64. The lowest BCUT2D eigenvalue weighted by Gasteiger charge is -2.25. The minimum absolute atomic E-state index is 0.251. The van der Waals surface area contributed by atoms with Crippen LogP contribution in [0.5, 0.6) is 0 Å². The first kappa shape index (κ1) is 12.4. The molecule has 1 aromatic carbocycles. The van der Waals surface area contributed by atoms with Crippen LogP contribution in [0.3, 0.4) is 0 Å². The second kappa shape index (κ2) is 4.58. The summed E-state index contributed by atoms with van der Waals surface area (Å²) in [7, 11) is 0. The smallest absolute Gasteiger partial charge is 0.154 e. The highest BCUT2D eigenvalue weighted by Gasteiger charge is 2.30. The maximum absolute atomic E-state index is 10.2. The van der Waals surface area contributed by atoms with Crippen molar-refractivity contribution in [3.05, 3.63) is 34.4 Å². The Balaban J connectivity index is 1.90. The zero-order valence-corrected chi connectivity index (χ0v) is 12.3. The van der Waals surface area contributed by atoms with Crippen molar-refractivity contribution in [3.63, 3.8) is 0 Å². The summed E-state index contributed by atoms with van der Waals surface area (Å²) >= 11 is 3.46. The van der Waals surface area contributed by atoms with Crippen molar-refractivity contribution < 1.29 is 9.84 Å². The Morgan fingerprint density at radius 1 is 1.45 bits per heavy atom. The largest absolute Gasteiger partial charge is 0.379 e. The minimum Gasteiger partial charge on any atom is -0.379 e. The van der Waals surface area contributed by atoms with Crippen LogP contribution in [-0.4, -0.2) is 28.1 Å². The number of aromatic nitrogens is 2. The Kier molecular flexibility index (Phi) is 2.83. The molecule has 0 bridgehead atoms. The molecule has 2 aliphatic heterocycles. The Labute approximate surface area is 124 Å². The van der Waals surface area contributed by atoms with E-state index in [1.54, 1.807) is 6.20 Å². The normalized spacial score (nSPS) is 24.1. The number of hydrogen-bond donors (Lipinski definition) is 2. The summed E-state index contributed by atoms with van der Waals surface area (Å²) in [6.07, 6.45) is 1.99. The Bertz CT molecular complexity index is 664. The number of fused-ring (bicyclic) bond motifs is 3. The van der Waals surface area contributed by atoms with E-state index in [1.165, 1.54) is 0 Å². The van der Waals surface area contributed by atoms with Gasteiger partial charge in [0.2, 0.25) is 0 Å². The Morgan fingerprint density at radius 2 is 2.35 bits per heavy atom. The maximum atomic E-state index is 10.2. The Hall–Kier alpha value is -1.37. The van der Waals surface area contributed by atoms with E-state index < -0.39 is 6.23 Å². The van der Waals surface area contributed by atoms with Gasteiger partial charge in [-0.2, -0.15) is 5.10 Å². The molecule has 1 fully saturated rings. The number of hydrogen-bond acceptors (Lipinski definition) is 4. The highest BCUT2D eigenvalue weighted by atomic mass is 79.9. The predicted octanol–water partition coefficient (Wildman–Crippen LogP) is 2.69. The van der Waals surface area contributed by atoms with Crippen molar-refractivity contribution >= 4 is 21.6 Å². The molecular weight excluding hydrogens is 322 g/mol. The Morgan fingerprint density at radius 3 is 3.15 bits per heavy atom. The molecule has 0 radical (unpaired) electrons. The highest BCUT2D eigenvalue weighted by Crippen LogP contribution is 2.42. The molecule has 2 atom stereocenters. The number of aliphatic hydroxyl groups excluding tert-OH is 1. The molecule has 1 saturated heterocycles. The molecule has 2 aliphatic rings. The standard InChI is InChI=1S/C14H14BrN3O2/c15-8-1-2-10-12(5-8)17-14(19)11-6-16-18(13(10)11)9-3-4-20-7-9/h1-2,5-6,9,14,17,19H,3-4,7H2/t9-,14?/m0/s1. The lowest BCUT2D eigenvalue weighted by Crippen LogP contribution is -2.19. The van der Waals surface area contributed by atoms with Crippen molar-refractivity contribution in [2.24, 2.45) is 0 Å². The SMILES string of the molecule is OC1Nc2cc(Br)ccc2-c2c1cnn2[C@H]1CCOC1. The fourth-order valence-corrected chi connectivity index (χ4v) is 3.27. The molecule has 1 unspecified atom stereocenters. The third-order valence-electron chi connectivity index (χ3n) is 3.90. The summed E-state index contributed by atoms with van der Waals surface area (Å²) < 4.78 is 8.44. The van der Waals surface area contributed by atoms with Crippen LogP contribution in [0.1, 0.15) is 24.3 Å². The van der Waals surface area contributed by atoms with E-state index in [4.69, 9.17) is 4.74 Å². The van der Waals surface area contributed by atoms with Crippen LogP contribution in [0.15, 0.2) is 28.9 Å². The van der Waals surface area contributed by atoms with Gasteiger partial charge < -0.3 is 15.2 Å². The van der Waals surface area contributed by atoms with Crippen LogP contribution in [0.4, 0.5) is 5.69 Å². The van der Waals surface area contributed by atoms with Gasteiger partial charge in [-0.3, -0.25) is 4.68 Å². The van der Waals surface area contributed by atoms with Crippen molar-refractivity contribution in [3.8, 4) is 11.3 Å². The van der Waals surface area contributed by atoms with Crippen molar-refractivity contribution in [2.75, 3.05) is 18.5 Å². The molecule has 1 aromatic heterocycles. The van der Waals surface area contributed by atoms with Crippen LogP contribution in [0.2, 0.25) is 0 Å². The first-order chi connectivity index (χ1) is 9.74. The van der Waals surface area contributed by atoms with E-state index in [0.717, 1.165) is 40.0 Å². The number of nitrogens with zero attached hydrogens (tertiary/aromatic N) is 2. The molecule has 2 aromatic rings. The van der Waals surface area contributed by atoms with Gasteiger partial charge in [-0.05, 0) is 24.6 Å². The number of ether oxygens (including phenoxy) is 1. The quantitative estimate of drug-likeness (QED) is 0.841. The lowest BCUT2D eigenvalue weighted by atomic mass is 10.00. The summed E-state index contributed by atoms with van der Waals surface area (Å²) in [5, 5.41) is 17.8. The van der Waals surface area contributed by atoms with Gasteiger partial charge in [0.05, 0.1) is 24.5 Å². The van der Waals surface area contributed by atoms with Crippen LogP contribution >= 0.6 is 15.9 Å². The fourth-order valence-electron chi connectivity index (χ4n) is 2.91. The number of anilines is 1. The van der Waals surface area contributed by atoms with Crippen molar-refractivity contribution in [1.82, 2.24) is 9.78 Å². The second-order valence-electron chi connectivity index (χ2n) is 5.15. The van der Waals surface area contributed by atoms with Gasteiger partial charge in [-0.15, -0.1) is 0 Å². The average Bonchev–Trinajstić information content (AvgIpc) is 3.07. The molecule has 20 heavy (non-hydrogen) atoms. The van der Waals surface area contributed by atoms with Gasteiger partial charge in [-0.25, -0.2) is 0 Å². The lowest BCUT2D eigenvalue weighted by molar-refractivity contribution is 0.184. The number of rotatable bonds is 1. The predicted molar refractivity (Wildman–Crippen MR) is 78.4 cm³/mol. The molecular formula is C14H14BrN3O2. The van der Waals surface area contributed by atoms with Gasteiger partial charge in [0.1, 0.15) is 0 Å². The van der Waals surface area contributed by atoms with Gasteiger partial charge in [0.25, 0.3) is 0 Å². The third-order valence-corrected chi connectivity index (χ3v) is 4.39. The summed E-state index contributed by atoms with van der Waals surface area (Å²) in [4.78, 5) is 0. The maximum Gasteiger partial charge on any atom is 0.154 e. The molecule has 0 saturated carbocycles. The van der Waals surface area contributed by atoms with Crippen LogP contribution in [-0.2, 0) is 4.74 Å². The van der Waals surface area contributed by atoms with E-state index in [9.17, 15) is 5.11 Å². The number of nitrogens with one attached hydrogen (secondary N) is 1. The van der Waals surface area contributed by atoms with Crippen molar-refractivity contribution in [1.29, 1.82) is 0 Å². The van der Waals surface area contributed by atoms with E-state index in [0.29, 0.717) is 6.61 Å². The van der Waals surface area contributed by atoms with E-state index in [-0.39, 0.29) is 6.04 Å². The number of aliphatic hydroxyl groups is 1. The fraction of sp³-hybridized carbons (Fsp3) is 0.357. The monoisotopic (exact) mass is 335 g/mol. The molecule has 6 heteroatoms. The first-order valence-corrected chi connectivity index (χ1v) is 7.43. The topological polar surface area (TPSA) is 59.3 Å². The number of benzene rings is 1. The van der Waals surface area contributed by atoms with Gasteiger partial charge in [0.15, 0.2) is 6.23 Å². The summed E-state index contributed by atoms with van der Waals surface area (Å²) in [6, 6.07) is 6.28. The molecule has 0 spiro atoms. The number of halogens is 1. The molecule has 0 amide bonds. The van der Waals surface area contributed by atoms with E-state index in [1.807, 2.05) is 22.9 Å². The van der Waals surface area contributed by atoms with E-state index >= 15 is 0 Å². The zero-order valence-electron chi connectivity index (χ0n) is 10.7. The third kappa shape index (κ3) is 1.79. The van der Waals surface area contributed by atoms with Gasteiger partial charge >= 0.3 is 0 Å². The molecule has 2 N–H and O–H groups in total. The molecule has 104 valence electrons. The van der Waals surface area contributed by atoms with Gasteiger partial charge in [-0.1, -0.05) is 15.9 Å². The zero-order chi connectivity index (χ0) is 13.7. The van der Waals surface area contributed by atoms with Crippen LogP contribution in [0, 0.1) is 0 Å². The van der Waals surface area contributed by atoms with Crippen molar-refractivity contribution in [2.45, 2.75) is 18.7 Å². The van der Waals surface area contributed by atoms with Gasteiger partial charge in [0, 0.05) is 27.9 Å². The molecule has 0 aliphatic carbocycles. The van der Waals surface area contributed by atoms with Crippen LogP contribution in [0.25, 0.3) is 11.3 Å². The average molecular weight is 336 g/mol. The second-order valence-corrected chi connectivity index (χ2v) is 6.06. The molecule has 4 rings (SSSR count). The molecule has 3 heterocycles.